The highest BCUT2D eigenvalue weighted by atomic mass is 32.1. The van der Waals surface area contributed by atoms with Gasteiger partial charge in [-0.15, -0.1) is 11.3 Å². The highest BCUT2D eigenvalue weighted by molar-refractivity contribution is 7.09. The summed E-state index contributed by atoms with van der Waals surface area (Å²) < 4.78 is 5.20. The second-order valence-corrected chi connectivity index (χ2v) is 5.52. The maximum absolute atomic E-state index is 10.4. The standard InChI is InChI=1S/C7H15NO.C6H8N2OS.2CH4.H2/c1-2-3-8-4-6-9-7-5-8;1-4-8-5(3-10-4)2-6(7)9;;;/h2-7H2,1H3;3H,2H2,1H3,(H2,7,9);2*1H4;1H. The van der Waals surface area contributed by atoms with Crippen LogP contribution in [0.4, 0.5) is 0 Å². The molecule has 0 aromatic carbocycles. The average Bonchev–Trinajstić information content (AvgIpc) is 2.76. The van der Waals surface area contributed by atoms with Crippen molar-refractivity contribution in [3.05, 3.63) is 16.1 Å². The largest absolute Gasteiger partial charge is 0.379 e. The highest BCUT2D eigenvalue weighted by Gasteiger charge is 2.07. The van der Waals surface area contributed by atoms with E-state index in [-0.39, 0.29) is 28.6 Å². The lowest BCUT2D eigenvalue weighted by Crippen LogP contribution is -2.36. The van der Waals surface area contributed by atoms with Gasteiger partial charge in [-0.05, 0) is 19.9 Å². The zero-order valence-corrected chi connectivity index (χ0v) is 12.5. The Morgan fingerprint density at radius 1 is 1.48 bits per heavy atom. The molecule has 1 aromatic rings. The molecular formula is C15H33N3O2S. The fourth-order valence-electron chi connectivity index (χ4n) is 1.81. The minimum absolute atomic E-state index is 0. The van der Waals surface area contributed by atoms with Gasteiger partial charge < -0.3 is 10.5 Å². The zero-order valence-electron chi connectivity index (χ0n) is 11.7. The lowest BCUT2D eigenvalue weighted by Gasteiger charge is -2.25. The number of amides is 1. The first-order valence-corrected chi connectivity index (χ1v) is 7.49. The van der Waals surface area contributed by atoms with Crippen LogP contribution < -0.4 is 5.73 Å². The Morgan fingerprint density at radius 3 is 2.52 bits per heavy atom. The van der Waals surface area contributed by atoms with Gasteiger partial charge in [-0.2, -0.15) is 0 Å². The quantitative estimate of drug-likeness (QED) is 0.926. The molecular weight excluding hydrogens is 286 g/mol. The smallest absolute Gasteiger partial charge is 0.223 e. The molecule has 1 saturated heterocycles. The lowest BCUT2D eigenvalue weighted by molar-refractivity contribution is -0.117. The Balaban J connectivity index is -0.000000290. The fourth-order valence-corrected chi connectivity index (χ4v) is 2.42. The van der Waals surface area contributed by atoms with E-state index in [0.29, 0.717) is 0 Å². The summed E-state index contributed by atoms with van der Waals surface area (Å²) in [7, 11) is 0. The summed E-state index contributed by atoms with van der Waals surface area (Å²) in [5, 5.41) is 2.82. The molecule has 1 aromatic heterocycles. The van der Waals surface area contributed by atoms with Gasteiger partial charge >= 0.3 is 0 Å². The molecule has 2 N–H and O–H groups in total. The van der Waals surface area contributed by atoms with Gasteiger partial charge in [0.15, 0.2) is 0 Å². The van der Waals surface area contributed by atoms with Gasteiger partial charge in [-0.25, -0.2) is 4.98 Å². The van der Waals surface area contributed by atoms with Gasteiger partial charge in [0.2, 0.25) is 5.91 Å². The van der Waals surface area contributed by atoms with Crippen molar-refractivity contribution in [2.75, 3.05) is 32.8 Å². The van der Waals surface area contributed by atoms with E-state index in [0.717, 1.165) is 37.0 Å². The molecule has 5 nitrogen and oxygen atoms in total. The Morgan fingerprint density at radius 2 is 2.10 bits per heavy atom. The van der Waals surface area contributed by atoms with Crippen LogP contribution >= 0.6 is 11.3 Å². The molecule has 0 bridgehead atoms. The van der Waals surface area contributed by atoms with Crippen molar-refractivity contribution < 1.29 is 11.0 Å². The maximum atomic E-state index is 10.4. The monoisotopic (exact) mass is 319 g/mol. The van der Waals surface area contributed by atoms with E-state index < -0.39 is 0 Å². The van der Waals surface area contributed by atoms with Crippen LogP contribution in [0.25, 0.3) is 0 Å². The number of primary amides is 1. The SMILES string of the molecule is C.C.CCCN1CCOCC1.Cc1nc(CC(N)=O)cs1.[HH]. The third-order valence-corrected chi connectivity index (χ3v) is 3.49. The van der Waals surface area contributed by atoms with Gasteiger partial charge in [-0.3, -0.25) is 9.69 Å². The molecule has 1 fully saturated rings. The Kier molecular flexibility index (Phi) is 13.5. The maximum Gasteiger partial charge on any atom is 0.223 e. The number of aromatic nitrogens is 1. The van der Waals surface area contributed by atoms with Crippen molar-refractivity contribution in [2.45, 2.75) is 41.5 Å². The van der Waals surface area contributed by atoms with Crippen LogP contribution in [-0.4, -0.2) is 48.6 Å². The van der Waals surface area contributed by atoms with Crippen LogP contribution in [0.1, 0.15) is 40.3 Å². The zero-order chi connectivity index (χ0) is 14.1. The summed E-state index contributed by atoms with van der Waals surface area (Å²) in [4.78, 5) is 16.9. The number of hydrogen-bond donors (Lipinski definition) is 1. The van der Waals surface area contributed by atoms with E-state index in [1.54, 1.807) is 0 Å². The van der Waals surface area contributed by atoms with Crippen LogP contribution in [0.5, 0.6) is 0 Å². The van der Waals surface area contributed by atoms with Crippen LogP contribution in [0.3, 0.4) is 0 Å². The molecule has 2 heterocycles. The van der Waals surface area contributed by atoms with Crippen molar-refractivity contribution in [2.24, 2.45) is 5.73 Å². The Labute approximate surface area is 135 Å². The molecule has 6 heteroatoms. The van der Waals surface area contributed by atoms with Crippen molar-refractivity contribution >= 4 is 17.2 Å². The van der Waals surface area contributed by atoms with Crippen molar-refractivity contribution in [3.63, 3.8) is 0 Å². The van der Waals surface area contributed by atoms with Gasteiger partial charge in [0.1, 0.15) is 0 Å². The number of carbonyl (C=O) groups is 1. The summed E-state index contributed by atoms with van der Waals surface area (Å²) >= 11 is 1.53. The minimum atomic E-state index is -0.328. The molecule has 126 valence electrons. The number of hydrogen-bond acceptors (Lipinski definition) is 5. The molecule has 1 amide bonds. The molecule has 1 aliphatic heterocycles. The number of nitrogens with zero attached hydrogens (tertiary/aromatic N) is 2. The second kappa shape index (κ2) is 12.7. The fraction of sp³-hybridized carbons (Fsp3) is 0.733. The van der Waals surface area contributed by atoms with Gasteiger partial charge in [-0.1, -0.05) is 21.8 Å². The lowest BCUT2D eigenvalue weighted by atomic mass is 10.3. The molecule has 0 aliphatic carbocycles. The normalized spacial score (nSPS) is 14.2. The first-order valence-electron chi connectivity index (χ1n) is 6.61. The number of nitrogens with two attached hydrogens (primary N) is 1. The second-order valence-electron chi connectivity index (χ2n) is 4.45. The highest BCUT2D eigenvalue weighted by Crippen LogP contribution is 2.07. The molecule has 1 aliphatic rings. The number of morpholine rings is 1. The van der Waals surface area contributed by atoms with E-state index in [1.165, 1.54) is 24.3 Å². The Hall–Kier alpha value is -0.980. The summed E-state index contributed by atoms with van der Waals surface area (Å²) in [6, 6.07) is 0. The van der Waals surface area contributed by atoms with Crippen molar-refractivity contribution in [1.29, 1.82) is 0 Å². The Bertz CT molecular complexity index is 380. The van der Waals surface area contributed by atoms with E-state index in [2.05, 4.69) is 16.8 Å². The average molecular weight is 320 g/mol. The van der Waals surface area contributed by atoms with Crippen LogP contribution in [0.15, 0.2) is 5.38 Å². The number of carbonyl (C=O) groups excluding carboxylic acids is 1. The van der Waals surface area contributed by atoms with Gasteiger partial charge in [0.25, 0.3) is 0 Å². The predicted molar refractivity (Wildman–Crippen MR) is 92.9 cm³/mol. The summed E-state index contributed by atoms with van der Waals surface area (Å²) in [5.74, 6) is -0.328. The van der Waals surface area contributed by atoms with E-state index in [1.807, 2.05) is 12.3 Å². The first kappa shape index (κ1) is 22.3. The van der Waals surface area contributed by atoms with Crippen molar-refractivity contribution in [3.8, 4) is 0 Å². The molecule has 0 unspecified atom stereocenters. The summed E-state index contributed by atoms with van der Waals surface area (Å²) in [6.45, 7) is 9.48. The van der Waals surface area contributed by atoms with Crippen LogP contribution in [0.2, 0.25) is 0 Å². The summed E-state index contributed by atoms with van der Waals surface area (Å²) in [5.41, 5.74) is 5.73. The molecule has 0 radical (unpaired) electrons. The van der Waals surface area contributed by atoms with Gasteiger partial charge in [0, 0.05) is 19.9 Å². The van der Waals surface area contributed by atoms with E-state index in [4.69, 9.17) is 10.5 Å². The summed E-state index contributed by atoms with van der Waals surface area (Å²) in [6.07, 6.45) is 1.52. The number of aryl methyl sites for hydroxylation is 1. The molecule has 0 saturated carbocycles. The van der Waals surface area contributed by atoms with Crippen LogP contribution in [-0.2, 0) is 16.0 Å². The number of rotatable bonds is 4. The van der Waals surface area contributed by atoms with Crippen LogP contribution in [0, 0.1) is 6.92 Å². The third-order valence-electron chi connectivity index (χ3n) is 2.67. The molecule has 0 spiro atoms. The van der Waals surface area contributed by atoms with E-state index >= 15 is 0 Å². The molecule has 21 heavy (non-hydrogen) atoms. The third kappa shape index (κ3) is 10.4. The topological polar surface area (TPSA) is 68.4 Å². The number of ether oxygens (including phenoxy) is 1. The molecule has 2 rings (SSSR count). The van der Waals surface area contributed by atoms with Crippen molar-refractivity contribution in [1.82, 2.24) is 9.88 Å². The van der Waals surface area contributed by atoms with Gasteiger partial charge in [0.05, 0.1) is 30.3 Å². The number of thiazole rings is 1. The van der Waals surface area contributed by atoms with E-state index in [9.17, 15) is 4.79 Å². The first-order chi connectivity index (χ1) is 9.11. The minimum Gasteiger partial charge on any atom is -0.379 e. The molecule has 0 atom stereocenters. The predicted octanol–water partition coefficient (Wildman–Crippen LogP) is 2.73.